The van der Waals surface area contributed by atoms with E-state index in [0.717, 1.165) is 12.8 Å². The number of hydrogen-bond acceptors (Lipinski definition) is 25. The summed E-state index contributed by atoms with van der Waals surface area (Å²) in [6.45, 7) is 10.5. The van der Waals surface area contributed by atoms with E-state index in [1.165, 1.54) is 61.2 Å². The lowest BCUT2D eigenvalue weighted by molar-refractivity contribution is -0.148. The normalized spacial score (nSPS) is 17.2. The Labute approximate surface area is 810 Å². The fraction of sp³-hybridized carbons (Fsp3) is 0.607. The van der Waals surface area contributed by atoms with E-state index in [-0.39, 0.29) is 164 Å². The number of carbonyl (C=O) groups excluding carboxylic acids is 17. The van der Waals surface area contributed by atoms with E-state index in [0.29, 0.717) is 43.5 Å². The molecule has 32 N–H and O–H groups in total. The van der Waals surface area contributed by atoms with Crippen LogP contribution < -0.4 is 108 Å². The van der Waals surface area contributed by atoms with Crippen molar-refractivity contribution in [3.63, 3.8) is 0 Å². The number of likely N-dealkylation sites (tertiary alicyclic amines) is 3. The molecule has 1 aromatic carbocycles. The van der Waals surface area contributed by atoms with E-state index >= 15 is 19.2 Å². The Balaban J connectivity index is 1.07. The molecule has 3 aliphatic heterocycles. The second-order valence-electron chi connectivity index (χ2n) is 36.0. The maximum absolute atomic E-state index is 15.3. The first-order chi connectivity index (χ1) is 66.6. The number of carbonyl (C=O) groups is 17. The zero-order valence-corrected chi connectivity index (χ0v) is 80.1. The number of rotatable bonds is 58. The van der Waals surface area contributed by atoms with Gasteiger partial charge in [-0.25, -0.2) is 15.0 Å². The maximum Gasteiger partial charge on any atom is 0.246 e. The van der Waals surface area contributed by atoms with Gasteiger partial charge < -0.3 is 148 Å². The molecule has 0 aliphatic carbocycles. The molecule has 0 spiro atoms. The number of hydrogen-bond donors (Lipinski definition) is 28. The first-order valence-electron chi connectivity index (χ1n) is 47.2. The molecule has 3 fully saturated rings. The predicted octanol–water partition coefficient (Wildman–Crippen LogP) is -7.02. The van der Waals surface area contributed by atoms with Gasteiger partial charge in [0.05, 0.1) is 49.3 Å². The third-order valence-electron chi connectivity index (χ3n) is 23.8. The molecular weight excluding hydrogens is 1820 g/mol. The van der Waals surface area contributed by atoms with Crippen molar-refractivity contribution in [2.75, 3.05) is 52.5 Å². The minimum absolute atomic E-state index is 0.000623. The Bertz CT molecular complexity index is 4830. The number of primary amides is 1. The van der Waals surface area contributed by atoms with Crippen molar-refractivity contribution < 1.29 is 91.7 Å². The highest BCUT2D eigenvalue weighted by atomic mass is 16.3. The van der Waals surface area contributed by atoms with E-state index in [1.54, 1.807) is 35.2 Å². The number of guanidine groups is 3. The number of nitrogens with two attached hydrogens (primary N) is 4. The summed E-state index contributed by atoms with van der Waals surface area (Å²) in [6.07, 6.45) is 9.44. The molecule has 16 atom stereocenters. The van der Waals surface area contributed by atoms with E-state index in [4.69, 9.17) is 39.2 Å². The highest BCUT2D eigenvalue weighted by molar-refractivity contribution is 6.01. The average Bonchev–Trinajstić information content (AvgIpc) is 1.64. The SMILES string of the molecule is CC(C)CCC(=O)N[C@@H](CCC(N)=O)C(=O)N1CCC[C@@H]1C(=O)N1CCC[C@H]1C(=O)N[C@@H](C)C(=O)N[C@@H](CO)C(=O)N[C@@H](CO)C(=O)N[C@@H](CCCNC(=N)N)C(=O)N[C@@H](CCCNC(=N)N)C(=O)N[C@@H](CCCNC(=N)N)C(=O)N[C@@H](Cc1c[nH]cn1)C(=O)N[C@@H](Cc1ccccc1)C(=O)N[C@@H](Cc1c[nH]cn1)C(=O)N[C@@H](Cc1c[nH]cn1)C(=O)N[C@@H](C)C(=O)N[C@@H](CC(C)C)C(=O)N1CCC[C@@H]1C. The molecule has 3 saturated heterocycles. The van der Waals surface area contributed by atoms with Crippen LogP contribution in [-0.4, -0.2) is 322 Å². The third kappa shape index (κ3) is 37.1. The zero-order valence-electron chi connectivity index (χ0n) is 80.1. The highest BCUT2D eigenvalue weighted by Gasteiger charge is 2.46. The zero-order chi connectivity index (χ0) is 103. The lowest BCUT2D eigenvalue weighted by atomic mass is 10.0. The molecular formula is C89H140N32O19. The van der Waals surface area contributed by atoms with E-state index in [1.807, 2.05) is 34.6 Å². The van der Waals surface area contributed by atoms with Gasteiger partial charge in [-0.2, -0.15) is 0 Å². The number of benzene rings is 1. The molecule has 140 heavy (non-hydrogen) atoms. The molecule has 7 rings (SSSR count). The largest absolute Gasteiger partial charge is 0.394 e. The summed E-state index contributed by atoms with van der Waals surface area (Å²) in [4.78, 5) is 268. The van der Waals surface area contributed by atoms with Crippen LogP contribution in [0.15, 0.2) is 67.9 Å². The van der Waals surface area contributed by atoms with E-state index < -0.39 is 216 Å². The molecule has 770 valence electrons. The van der Waals surface area contributed by atoms with Crippen molar-refractivity contribution in [1.29, 1.82) is 16.2 Å². The minimum Gasteiger partial charge on any atom is -0.394 e. The molecule has 51 nitrogen and oxygen atoms in total. The molecule has 17 amide bonds. The maximum atomic E-state index is 15.3. The summed E-state index contributed by atoms with van der Waals surface area (Å²) in [6, 6.07) is -13.8. The van der Waals surface area contributed by atoms with Gasteiger partial charge >= 0.3 is 0 Å². The van der Waals surface area contributed by atoms with Gasteiger partial charge in [0.25, 0.3) is 0 Å². The molecule has 3 aromatic heterocycles. The summed E-state index contributed by atoms with van der Waals surface area (Å²) in [7, 11) is 0. The number of aliphatic hydroxyl groups is 2. The Morgan fingerprint density at radius 2 is 0.757 bits per heavy atom. The lowest BCUT2D eigenvalue weighted by Crippen LogP contribution is -2.62. The van der Waals surface area contributed by atoms with Crippen molar-refractivity contribution >= 4 is 118 Å². The van der Waals surface area contributed by atoms with E-state index in [9.17, 15) is 72.5 Å². The molecule has 0 radical (unpaired) electrons. The first kappa shape index (κ1) is 113. The fourth-order valence-electron chi connectivity index (χ4n) is 16.2. The van der Waals surface area contributed by atoms with Gasteiger partial charge in [0, 0.05) is 102 Å². The quantitative estimate of drug-likeness (QED) is 0.0111. The van der Waals surface area contributed by atoms with Crippen LogP contribution in [0.2, 0.25) is 0 Å². The Morgan fingerprint density at radius 1 is 0.393 bits per heavy atom. The summed E-state index contributed by atoms with van der Waals surface area (Å²) in [5.74, 6) is -15.7. The number of aromatic nitrogens is 6. The van der Waals surface area contributed by atoms with Crippen LogP contribution in [0.25, 0.3) is 0 Å². The van der Waals surface area contributed by atoms with Crippen LogP contribution in [0.4, 0.5) is 0 Å². The standard InChI is InChI=1S/C89H140N32O19/c1-48(2)25-28-71(125)108-60(26-27-70(90)124)84(138)121-34-16-24-69(121)86(140)120-33-15-23-68(120)83(137)107-52(7)73(127)117-66(43-122)82(136)118-67(44-123)81(135)111-58(21-12-30-101-88(93)94)75(129)109-57(20-11-29-100-87(91)92)74(128)110-59(22-13-31-102-89(95)96)76(130)113-63(38-55-41-98-46-104-55)79(133)112-61(36-53-18-9-8-10-19-53)78(132)115-64(39-56-42-99-47-105-56)80(134)114-62(37-54-40-97-45-103-54)77(131)106-51(6)72(126)116-65(35-49(3)4)85(139)119-32-14-17-50(119)5/h8-10,18-19,40-42,45-52,57-69,122-123H,11-17,20-39,43-44H2,1-7H3,(H2,90,124)(H,97,103)(H,98,104)(H,99,105)(H,106,131)(H,107,137)(H,108,125)(H,109,129)(H,110,128)(H,111,135)(H,112,133)(H,113,130)(H,114,134)(H,115,132)(H,116,126)(H,117,127)(H,118,136)(H4,91,92,100)(H4,93,94,101)(H4,95,96,102)/t50-,51-,52-,57-,58-,59-,60-,61-,62-,63-,64-,65-,66-,67-,68-,69+/m0/s1. The summed E-state index contributed by atoms with van der Waals surface area (Å²) < 4.78 is 0. The van der Waals surface area contributed by atoms with Crippen molar-refractivity contribution in [1.82, 2.24) is 130 Å². The van der Waals surface area contributed by atoms with Crippen LogP contribution >= 0.6 is 0 Å². The number of nitrogens with one attached hydrogen (secondary N) is 22. The van der Waals surface area contributed by atoms with Crippen molar-refractivity contribution in [2.24, 2.45) is 34.8 Å². The Hall–Kier alpha value is -14.4. The summed E-state index contributed by atoms with van der Waals surface area (Å²) in [5, 5.41) is 86.1. The lowest BCUT2D eigenvalue weighted by Gasteiger charge is -2.33. The van der Waals surface area contributed by atoms with Crippen LogP contribution in [0, 0.1) is 28.1 Å². The smallest absolute Gasteiger partial charge is 0.246 e. The van der Waals surface area contributed by atoms with Crippen molar-refractivity contribution in [3.8, 4) is 0 Å². The predicted molar refractivity (Wildman–Crippen MR) is 507 cm³/mol. The van der Waals surface area contributed by atoms with Crippen molar-refractivity contribution in [2.45, 2.75) is 280 Å². The first-order valence-corrected chi connectivity index (χ1v) is 47.2. The molecule has 0 unspecified atom stereocenters. The molecule has 0 saturated carbocycles. The van der Waals surface area contributed by atoms with Gasteiger partial charge in [-0.3, -0.25) is 97.7 Å². The average molecular weight is 1960 g/mol. The molecule has 51 heteroatoms. The minimum atomic E-state index is -1.95. The summed E-state index contributed by atoms with van der Waals surface area (Å²) in [5.41, 5.74) is 23.5. The Kier molecular flexibility index (Phi) is 45.9. The van der Waals surface area contributed by atoms with E-state index in [2.05, 4.69) is 115 Å². The number of aromatic amines is 3. The number of imidazole rings is 3. The third-order valence-corrected chi connectivity index (χ3v) is 23.8. The van der Waals surface area contributed by atoms with Gasteiger partial charge in [-0.15, -0.1) is 0 Å². The Morgan fingerprint density at radius 3 is 1.16 bits per heavy atom. The van der Waals surface area contributed by atoms with Gasteiger partial charge in [-0.05, 0) is 134 Å². The molecule has 6 heterocycles. The summed E-state index contributed by atoms with van der Waals surface area (Å²) >= 11 is 0. The molecule has 0 bridgehead atoms. The topological polar surface area (TPSA) is 795 Å². The number of amides is 17. The second-order valence-corrected chi connectivity index (χ2v) is 36.0. The van der Waals surface area contributed by atoms with Gasteiger partial charge in [0.15, 0.2) is 17.9 Å². The molecule has 4 aromatic rings. The molecule has 3 aliphatic rings. The van der Waals surface area contributed by atoms with Crippen LogP contribution in [0.3, 0.4) is 0 Å². The second kappa shape index (κ2) is 57.1. The van der Waals surface area contributed by atoms with Gasteiger partial charge in [-0.1, -0.05) is 58.0 Å². The van der Waals surface area contributed by atoms with Crippen LogP contribution in [0.5, 0.6) is 0 Å². The number of aliphatic hydroxyl groups excluding tert-OH is 2. The number of nitrogens with zero attached hydrogens (tertiary/aromatic N) is 6. The van der Waals surface area contributed by atoms with Gasteiger partial charge in [0.1, 0.15) is 90.6 Å². The van der Waals surface area contributed by atoms with Gasteiger partial charge in [0.2, 0.25) is 100 Å². The van der Waals surface area contributed by atoms with Crippen LogP contribution in [-0.2, 0) is 107 Å². The van der Waals surface area contributed by atoms with Crippen LogP contribution in [0.1, 0.15) is 180 Å². The monoisotopic (exact) mass is 1960 g/mol. The highest BCUT2D eigenvalue weighted by Crippen LogP contribution is 2.28. The number of H-pyrrole nitrogens is 3. The fourth-order valence-corrected chi connectivity index (χ4v) is 16.2. The van der Waals surface area contributed by atoms with Crippen molar-refractivity contribution in [3.05, 3.63) is 90.5 Å².